The Morgan fingerprint density at radius 2 is 1.86 bits per heavy atom. The molecule has 1 heterocycles. The Bertz CT molecular complexity index is 649. The molecule has 0 spiro atoms. The number of ether oxygens (including phenoxy) is 1. The van der Waals surface area contributed by atoms with Gasteiger partial charge in [0.15, 0.2) is 0 Å². The first kappa shape index (κ1) is 15.8. The summed E-state index contributed by atoms with van der Waals surface area (Å²) in [6.45, 7) is 3.57. The number of aromatic amines is 1. The summed E-state index contributed by atoms with van der Waals surface area (Å²) in [6, 6.07) is 10.7. The van der Waals surface area contributed by atoms with Crippen LogP contribution in [0.1, 0.15) is 34.6 Å². The number of esters is 1. The minimum Gasteiger partial charge on any atom is -0.469 e. The zero-order valence-corrected chi connectivity index (χ0v) is 12.9. The van der Waals surface area contributed by atoms with Gasteiger partial charge in [-0.1, -0.05) is 30.3 Å². The number of carbonyl (C=O) groups is 2. The van der Waals surface area contributed by atoms with E-state index in [1.165, 1.54) is 7.11 Å². The summed E-state index contributed by atoms with van der Waals surface area (Å²) in [5.74, 6) is -1.07. The molecule has 1 aromatic carbocycles. The van der Waals surface area contributed by atoms with Gasteiger partial charge in [-0.05, 0) is 25.5 Å². The molecule has 2 rings (SSSR count). The zero-order valence-electron chi connectivity index (χ0n) is 12.9. The topological polar surface area (TPSA) is 71.2 Å². The average molecular weight is 300 g/mol. The van der Waals surface area contributed by atoms with Gasteiger partial charge in [0.05, 0.1) is 24.6 Å². The summed E-state index contributed by atoms with van der Waals surface area (Å²) < 4.78 is 4.81. The van der Waals surface area contributed by atoms with Gasteiger partial charge in [0.2, 0.25) is 0 Å². The van der Waals surface area contributed by atoms with Crippen LogP contribution in [-0.2, 0) is 9.53 Å². The van der Waals surface area contributed by atoms with Crippen molar-refractivity contribution >= 4 is 11.9 Å². The number of carbonyl (C=O) groups excluding carboxylic acids is 2. The smallest absolute Gasteiger partial charge is 0.310 e. The van der Waals surface area contributed by atoms with Crippen molar-refractivity contribution < 1.29 is 14.3 Å². The number of aromatic nitrogens is 1. The van der Waals surface area contributed by atoms with Crippen molar-refractivity contribution in [3.63, 3.8) is 0 Å². The van der Waals surface area contributed by atoms with Gasteiger partial charge in [-0.2, -0.15) is 0 Å². The minimum absolute atomic E-state index is 0.219. The summed E-state index contributed by atoms with van der Waals surface area (Å²) in [5, 5.41) is 2.93. The van der Waals surface area contributed by atoms with Gasteiger partial charge in [0.25, 0.3) is 5.91 Å². The maximum Gasteiger partial charge on any atom is 0.310 e. The van der Waals surface area contributed by atoms with Gasteiger partial charge < -0.3 is 15.0 Å². The second-order valence-corrected chi connectivity index (χ2v) is 5.19. The van der Waals surface area contributed by atoms with E-state index in [9.17, 15) is 9.59 Å². The first-order valence-corrected chi connectivity index (χ1v) is 7.12. The predicted octanol–water partition coefficient (Wildman–Crippen LogP) is 2.60. The summed E-state index contributed by atoms with van der Waals surface area (Å²) >= 11 is 0. The summed E-state index contributed by atoms with van der Waals surface area (Å²) in [7, 11) is 1.35. The van der Waals surface area contributed by atoms with Crippen molar-refractivity contribution in [3.05, 3.63) is 59.4 Å². The first-order valence-electron chi connectivity index (χ1n) is 7.12. The van der Waals surface area contributed by atoms with Crippen LogP contribution in [0, 0.1) is 12.8 Å². The fourth-order valence-electron chi connectivity index (χ4n) is 2.40. The van der Waals surface area contributed by atoms with E-state index in [-0.39, 0.29) is 11.9 Å². The van der Waals surface area contributed by atoms with Gasteiger partial charge in [0.1, 0.15) is 0 Å². The van der Waals surface area contributed by atoms with Crippen molar-refractivity contribution in [1.29, 1.82) is 0 Å². The number of amides is 1. The summed E-state index contributed by atoms with van der Waals surface area (Å²) in [6.07, 6.45) is 1.71. The molecule has 0 saturated heterocycles. The van der Waals surface area contributed by atoms with E-state index >= 15 is 0 Å². The SMILES string of the molecule is COC(=O)[C@H](C)[C@@H](NC(=O)c1cc[nH]c1C)c1ccccc1. The van der Waals surface area contributed by atoms with Crippen LogP contribution in [0.4, 0.5) is 0 Å². The van der Waals surface area contributed by atoms with Crippen molar-refractivity contribution in [2.75, 3.05) is 7.11 Å². The molecular weight excluding hydrogens is 280 g/mol. The van der Waals surface area contributed by atoms with Crippen LogP contribution in [0.25, 0.3) is 0 Å². The number of nitrogens with one attached hydrogen (secondary N) is 2. The molecule has 1 amide bonds. The highest BCUT2D eigenvalue weighted by Gasteiger charge is 2.28. The molecule has 0 radical (unpaired) electrons. The van der Waals surface area contributed by atoms with Crippen molar-refractivity contribution in [2.24, 2.45) is 5.92 Å². The summed E-state index contributed by atoms with van der Waals surface area (Å²) in [5.41, 5.74) is 2.22. The van der Waals surface area contributed by atoms with Crippen molar-refractivity contribution in [1.82, 2.24) is 10.3 Å². The lowest BCUT2D eigenvalue weighted by Crippen LogP contribution is -2.36. The van der Waals surface area contributed by atoms with E-state index < -0.39 is 12.0 Å². The molecule has 2 aromatic rings. The fraction of sp³-hybridized carbons (Fsp3) is 0.294. The average Bonchev–Trinajstić information content (AvgIpc) is 2.98. The summed E-state index contributed by atoms with van der Waals surface area (Å²) in [4.78, 5) is 27.3. The second kappa shape index (κ2) is 6.93. The van der Waals surface area contributed by atoms with E-state index in [4.69, 9.17) is 4.74 Å². The molecule has 0 saturated carbocycles. The molecule has 0 aliphatic heterocycles. The van der Waals surface area contributed by atoms with Crippen LogP contribution in [0.15, 0.2) is 42.6 Å². The molecule has 22 heavy (non-hydrogen) atoms. The standard InChI is InChI=1S/C17H20N2O3/c1-11(17(21)22-3)15(13-7-5-4-6-8-13)19-16(20)14-9-10-18-12(14)2/h4-11,15,18H,1-3H3,(H,19,20)/t11-,15-/m1/s1. The first-order chi connectivity index (χ1) is 10.5. The molecule has 0 aliphatic rings. The number of benzene rings is 1. The largest absolute Gasteiger partial charge is 0.469 e. The normalized spacial score (nSPS) is 13.2. The highest BCUT2D eigenvalue weighted by molar-refractivity contribution is 5.95. The monoisotopic (exact) mass is 300 g/mol. The Morgan fingerprint density at radius 1 is 1.18 bits per heavy atom. The molecule has 5 nitrogen and oxygen atoms in total. The van der Waals surface area contributed by atoms with E-state index in [1.54, 1.807) is 19.2 Å². The van der Waals surface area contributed by atoms with Crippen molar-refractivity contribution in [3.8, 4) is 0 Å². The Hall–Kier alpha value is -2.56. The fourth-order valence-corrected chi connectivity index (χ4v) is 2.40. The maximum absolute atomic E-state index is 12.4. The number of hydrogen-bond acceptors (Lipinski definition) is 3. The van der Waals surface area contributed by atoms with Crippen LogP contribution in [0.2, 0.25) is 0 Å². The number of methoxy groups -OCH3 is 1. The molecule has 0 fully saturated rings. The van der Waals surface area contributed by atoms with Crippen LogP contribution in [0.5, 0.6) is 0 Å². The molecule has 0 aliphatic carbocycles. The quantitative estimate of drug-likeness (QED) is 0.834. The molecule has 5 heteroatoms. The number of aryl methyl sites for hydroxylation is 1. The van der Waals surface area contributed by atoms with E-state index in [1.807, 2.05) is 37.3 Å². The molecular formula is C17H20N2O3. The van der Waals surface area contributed by atoms with Crippen LogP contribution in [0.3, 0.4) is 0 Å². The molecule has 0 unspecified atom stereocenters. The Labute approximate surface area is 129 Å². The Morgan fingerprint density at radius 3 is 2.41 bits per heavy atom. The van der Waals surface area contributed by atoms with Gasteiger partial charge in [0, 0.05) is 11.9 Å². The highest BCUT2D eigenvalue weighted by Crippen LogP contribution is 2.23. The van der Waals surface area contributed by atoms with E-state index in [2.05, 4.69) is 10.3 Å². The third-order valence-electron chi connectivity index (χ3n) is 3.72. The lowest BCUT2D eigenvalue weighted by atomic mass is 9.94. The highest BCUT2D eigenvalue weighted by atomic mass is 16.5. The number of H-pyrrole nitrogens is 1. The molecule has 0 bridgehead atoms. The van der Waals surface area contributed by atoms with Gasteiger partial charge in [-0.25, -0.2) is 0 Å². The van der Waals surface area contributed by atoms with E-state index in [0.717, 1.165) is 11.3 Å². The number of rotatable bonds is 5. The molecule has 1 aromatic heterocycles. The zero-order chi connectivity index (χ0) is 16.1. The lowest BCUT2D eigenvalue weighted by molar-refractivity contribution is -0.145. The lowest BCUT2D eigenvalue weighted by Gasteiger charge is -2.24. The Kier molecular flexibility index (Phi) is 4.99. The van der Waals surface area contributed by atoms with Gasteiger partial charge >= 0.3 is 5.97 Å². The minimum atomic E-state index is -0.490. The third-order valence-corrected chi connectivity index (χ3v) is 3.72. The predicted molar refractivity (Wildman–Crippen MR) is 83.4 cm³/mol. The van der Waals surface area contributed by atoms with Crippen LogP contribution in [-0.4, -0.2) is 24.0 Å². The van der Waals surface area contributed by atoms with Gasteiger partial charge in [-0.15, -0.1) is 0 Å². The van der Waals surface area contributed by atoms with Crippen LogP contribution < -0.4 is 5.32 Å². The van der Waals surface area contributed by atoms with Crippen LogP contribution >= 0.6 is 0 Å². The Balaban J connectivity index is 2.27. The molecule has 2 N–H and O–H groups in total. The van der Waals surface area contributed by atoms with E-state index in [0.29, 0.717) is 5.56 Å². The van der Waals surface area contributed by atoms with Crippen molar-refractivity contribution in [2.45, 2.75) is 19.9 Å². The molecule has 116 valence electrons. The van der Waals surface area contributed by atoms with Gasteiger partial charge in [-0.3, -0.25) is 9.59 Å². The molecule has 2 atom stereocenters. The maximum atomic E-state index is 12.4. The third kappa shape index (κ3) is 3.36. The second-order valence-electron chi connectivity index (χ2n) is 5.19. The number of hydrogen-bond donors (Lipinski definition) is 2.